The van der Waals surface area contributed by atoms with E-state index in [0.717, 1.165) is 41.9 Å². The Morgan fingerprint density at radius 2 is 1.90 bits per heavy atom. The second-order valence-corrected chi connectivity index (χ2v) is 6.12. The molecule has 0 radical (unpaired) electrons. The van der Waals surface area contributed by atoms with E-state index in [-0.39, 0.29) is 0 Å². The first-order valence-electron chi connectivity index (χ1n) is 7.20. The van der Waals surface area contributed by atoms with Gasteiger partial charge in [0, 0.05) is 0 Å². The summed E-state index contributed by atoms with van der Waals surface area (Å²) >= 11 is 3.54. The molecule has 114 valence electrons. The second kappa shape index (κ2) is 9.24. The van der Waals surface area contributed by atoms with Gasteiger partial charge in [-0.25, -0.2) is 0 Å². The van der Waals surface area contributed by atoms with Crippen LogP contribution >= 0.6 is 15.9 Å². The number of benzene rings is 1. The molecule has 0 spiro atoms. The van der Waals surface area contributed by atoms with Crippen LogP contribution in [0.3, 0.4) is 0 Å². The number of halogens is 1. The fourth-order valence-corrected chi connectivity index (χ4v) is 2.82. The Bertz CT molecular complexity index is 408. The predicted molar refractivity (Wildman–Crippen MR) is 87.9 cm³/mol. The third-order valence-corrected chi connectivity index (χ3v) is 3.92. The van der Waals surface area contributed by atoms with Crippen molar-refractivity contribution in [3.05, 3.63) is 22.2 Å². The topological polar surface area (TPSA) is 30.5 Å². The molecule has 0 unspecified atom stereocenters. The van der Waals surface area contributed by atoms with Gasteiger partial charge in [0.2, 0.25) is 0 Å². The molecule has 0 aliphatic carbocycles. The van der Waals surface area contributed by atoms with Crippen LogP contribution in [0, 0.1) is 5.92 Å². The lowest BCUT2D eigenvalue weighted by Crippen LogP contribution is -2.20. The van der Waals surface area contributed by atoms with Crippen LogP contribution in [0.5, 0.6) is 11.5 Å². The van der Waals surface area contributed by atoms with Gasteiger partial charge in [0.15, 0.2) is 0 Å². The minimum Gasteiger partial charge on any atom is -0.495 e. The largest absolute Gasteiger partial charge is 0.495 e. The quantitative estimate of drug-likeness (QED) is 0.686. The predicted octanol–water partition coefficient (Wildman–Crippen LogP) is 4.03. The Balaban J connectivity index is 2.46. The molecule has 3 nitrogen and oxygen atoms in total. The van der Waals surface area contributed by atoms with E-state index >= 15 is 0 Å². The van der Waals surface area contributed by atoms with Gasteiger partial charge in [-0.15, -0.1) is 0 Å². The lowest BCUT2D eigenvalue weighted by Gasteiger charge is -2.13. The standard InChI is InChI=1S/C16H26BrNO2/c1-12(2)11-18-10-6-5-7-13-8-9-14(19-3)15(17)16(13)20-4/h8-9,12,18H,5-7,10-11H2,1-4H3. The molecular weight excluding hydrogens is 318 g/mol. The number of nitrogens with one attached hydrogen (secondary N) is 1. The normalized spacial score (nSPS) is 10.9. The molecule has 1 rings (SSSR count). The van der Waals surface area contributed by atoms with Crippen molar-refractivity contribution in [3.8, 4) is 11.5 Å². The molecule has 0 amide bonds. The number of hydrogen-bond donors (Lipinski definition) is 1. The summed E-state index contributed by atoms with van der Waals surface area (Å²) in [4.78, 5) is 0. The van der Waals surface area contributed by atoms with E-state index in [9.17, 15) is 0 Å². The van der Waals surface area contributed by atoms with Crippen LogP contribution in [0.4, 0.5) is 0 Å². The number of hydrogen-bond acceptors (Lipinski definition) is 3. The zero-order valence-electron chi connectivity index (χ0n) is 13.0. The third-order valence-electron chi connectivity index (χ3n) is 3.17. The molecule has 0 saturated heterocycles. The molecule has 0 saturated carbocycles. The summed E-state index contributed by atoms with van der Waals surface area (Å²) in [5, 5.41) is 3.47. The Morgan fingerprint density at radius 3 is 2.50 bits per heavy atom. The molecule has 1 N–H and O–H groups in total. The van der Waals surface area contributed by atoms with E-state index in [4.69, 9.17) is 9.47 Å². The maximum atomic E-state index is 5.49. The van der Waals surface area contributed by atoms with E-state index < -0.39 is 0 Å². The van der Waals surface area contributed by atoms with E-state index in [1.165, 1.54) is 12.0 Å². The van der Waals surface area contributed by atoms with Crippen LogP contribution in [0.1, 0.15) is 32.3 Å². The van der Waals surface area contributed by atoms with E-state index in [2.05, 4.69) is 41.2 Å². The first kappa shape index (κ1) is 17.3. The van der Waals surface area contributed by atoms with Gasteiger partial charge in [-0.3, -0.25) is 0 Å². The van der Waals surface area contributed by atoms with Crippen LogP contribution in [0.15, 0.2) is 16.6 Å². The molecule has 0 heterocycles. The average molecular weight is 344 g/mol. The monoisotopic (exact) mass is 343 g/mol. The fraction of sp³-hybridized carbons (Fsp3) is 0.625. The number of aryl methyl sites for hydroxylation is 1. The summed E-state index contributed by atoms with van der Waals surface area (Å²) in [5.74, 6) is 2.41. The molecule has 0 bridgehead atoms. The Kier molecular flexibility index (Phi) is 8.00. The highest BCUT2D eigenvalue weighted by Crippen LogP contribution is 2.37. The summed E-state index contributed by atoms with van der Waals surface area (Å²) in [6.07, 6.45) is 3.36. The van der Waals surface area contributed by atoms with Crippen molar-refractivity contribution in [2.45, 2.75) is 33.1 Å². The SMILES string of the molecule is COc1ccc(CCCCNCC(C)C)c(OC)c1Br. The molecule has 0 atom stereocenters. The smallest absolute Gasteiger partial charge is 0.139 e. The van der Waals surface area contributed by atoms with E-state index in [1.54, 1.807) is 14.2 Å². The Morgan fingerprint density at radius 1 is 1.15 bits per heavy atom. The summed E-state index contributed by atoms with van der Waals surface area (Å²) < 4.78 is 11.7. The van der Waals surface area contributed by atoms with Gasteiger partial charge < -0.3 is 14.8 Å². The number of ether oxygens (including phenoxy) is 2. The van der Waals surface area contributed by atoms with Gasteiger partial charge in [0.25, 0.3) is 0 Å². The van der Waals surface area contributed by atoms with Crippen molar-refractivity contribution in [3.63, 3.8) is 0 Å². The first-order valence-corrected chi connectivity index (χ1v) is 7.99. The van der Waals surface area contributed by atoms with Crippen molar-refractivity contribution >= 4 is 15.9 Å². The fourth-order valence-electron chi connectivity index (χ4n) is 2.11. The minimum absolute atomic E-state index is 0.715. The first-order chi connectivity index (χ1) is 9.60. The zero-order valence-corrected chi connectivity index (χ0v) is 14.5. The Labute approximate surface area is 131 Å². The van der Waals surface area contributed by atoms with Gasteiger partial charge in [-0.05, 0) is 65.8 Å². The van der Waals surface area contributed by atoms with Crippen LogP contribution in [0.25, 0.3) is 0 Å². The van der Waals surface area contributed by atoms with Crippen LogP contribution < -0.4 is 14.8 Å². The summed E-state index contributed by atoms with van der Waals surface area (Å²) in [6, 6.07) is 4.07. The molecule has 0 aliphatic heterocycles. The van der Waals surface area contributed by atoms with Crippen LogP contribution in [-0.4, -0.2) is 27.3 Å². The lowest BCUT2D eigenvalue weighted by molar-refractivity contribution is 0.385. The Hall–Kier alpha value is -0.740. The molecule has 1 aromatic rings. The van der Waals surface area contributed by atoms with Gasteiger partial charge in [0.1, 0.15) is 16.0 Å². The molecule has 4 heteroatoms. The highest BCUT2D eigenvalue weighted by molar-refractivity contribution is 9.10. The van der Waals surface area contributed by atoms with Crippen molar-refractivity contribution in [1.82, 2.24) is 5.32 Å². The van der Waals surface area contributed by atoms with Crippen molar-refractivity contribution in [1.29, 1.82) is 0 Å². The average Bonchev–Trinajstić information content (AvgIpc) is 2.42. The number of rotatable bonds is 9. The highest BCUT2D eigenvalue weighted by atomic mass is 79.9. The molecule has 1 aromatic carbocycles. The van der Waals surface area contributed by atoms with E-state index in [1.807, 2.05) is 6.07 Å². The van der Waals surface area contributed by atoms with Gasteiger partial charge in [-0.2, -0.15) is 0 Å². The highest BCUT2D eigenvalue weighted by Gasteiger charge is 2.12. The number of unbranched alkanes of at least 4 members (excludes halogenated alkanes) is 1. The second-order valence-electron chi connectivity index (χ2n) is 5.33. The summed E-state index contributed by atoms with van der Waals surface area (Å²) in [6.45, 7) is 6.63. The van der Waals surface area contributed by atoms with Crippen LogP contribution in [0.2, 0.25) is 0 Å². The van der Waals surface area contributed by atoms with Crippen molar-refractivity contribution in [2.24, 2.45) is 5.92 Å². The molecule has 20 heavy (non-hydrogen) atoms. The summed E-state index contributed by atoms with van der Waals surface area (Å²) in [5.41, 5.74) is 1.23. The van der Waals surface area contributed by atoms with Crippen LogP contribution in [-0.2, 0) is 6.42 Å². The molecule has 0 aliphatic rings. The molecular formula is C16H26BrNO2. The lowest BCUT2D eigenvalue weighted by atomic mass is 10.1. The summed E-state index contributed by atoms with van der Waals surface area (Å²) in [7, 11) is 3.37. The van der Waals surface area contributed by atoms with E-state index in [0.29, 0.717) is 5.92 Å². The van der Waals surface area contributed by atoms with Gasteiger partial charge in [-0.1, -0.05) is 19.9 Å². The molecule has 0 aromatic heterocycles. The molecule has 0 fully saturated rings. The number of methoxy groups -OCH3 is 2. The third kappa shape index (κ3) is 5.33. The maximum Gasteiger partial charge on any atom is 0.139 e. The van der Waals surface area contributed by atoms with Gasteiger partial charge >= 0.3 is 0 Å². The zero-order chi connectivity index (χ0) is 15.0. The maximum absolute atomic E-state index is 5.49. The van der Waals surface area contributed by atoms with Crippen molar-refractivity contribution in [2.75, 3.05) is 27.3 Å². The van der Waals surface area contributed by atoms with Crippen molar-refractivity contribution < 1.29 is 9.47 Å². The van der Waals surface area contributed by atoms with Gasteiger partial charge in [0.05, 0.1) is 14.2 Å². The minimum atomic E-state index is 0.715.